The lowest BCUT2D eigenvalue weighted by Gasteiger charge is -2.45. The van der Waals surface area contributed by atoms with E-state index < -0.39 is 5.60 Å². The second kappa shape index (κ2) is 6.17. The van der Waals surface area contributed by atoms with E-state index in [4.69, 9.17) is 4.74 Å². The molecular formula is C21H25NO2S. The lowest BCUT2D eigenvalue weighted by atomic mass is 9.85. The van der Waals surface area contributed by atoms with E-state index in [-0.39, 0.29) is 18.2 Å². The van der Waals surface area contributed by atoms with Gasteiger partial charge in [-0.2, -0.15) is 0 Å². The van der Waals surface area contributed by atoms with Gasteiger partial charge >= 0.3 is 6.09 Å². The maximum absolute atomic E-state index is 12.7. The van der Waals surface area contributed by atoms with Crippen molar-refractivity contribution in [1.82, 2.24) is 4.90 Å². The van der Waals surface area contributed by atoms with Gasteiger partial charge in [-0.25, -0.2) is 4.79 Å². The monoisotopic (exact) mass is 355 g/mol. The Morgan fingerprint density at radius 2 is 2.04 bits per heavy atom. The van der Waals surface area contributed by atoms with Crippen molar-refractivity contribution in [1.29, 1.82) is 0 Å². The maximum atomic E-state index is 12.7. The van der Waals surface area contributed by atoms with E-state index in [9.17, 15) is 4.79 Å². The number of ether oxygens (including phenoxy) is 1. The van der Waals surface area contributed by atoms with Crippen LogP contribution in [0.4, 0.5) is 4.79 Å². The molecule has 25 heavy (non-hydrogen) atoms. The average Bonchev–Trinajstić information content (AvgIpc) is 2.96. The van der Waals surface area contributed by atoms with E-state index in [0.29, 0.717) is 0 Å². The topological polar surface area (TPSA) is 29.5 Å². The third-order valence-electron chi connectivity index (χ3n) is 4.98. The quantitative estimate of drug-likeness (QED) is 0.642. The molecule has 4 heteroatoms. The first kappa shape index (κ1) is 16.6. The summed E-state index contributed by atoms with van der Waals surface area (Å²) in [4.78, 5) is 16.0. The Morgan fingerprint density at radius 1 is 1.24 bits per heavy atom. The first-order valence-corrected chi connectivity index (χ1v) is 9.93. The molecule has 1 fully saturated rings. The zero-order valence-electron chi connectivity index (χ0n) is 15.1. The largest absolute Gasteiger partial charge is 0.444 e. The van der Waals surface area contributed by atoms with Gasteiger partial charge in [0.2, 0.25) is 0 Å². The van der Waals surface area contributed by atoms with Gasteiger partial charge in [0.15, 0.2) is 0 Å². The van der Waals surface area contributed by atoms with Gasteiger partial charge in [-0.05, 0) is 69.5 Å². The normalized spacial score (nSPS) is 23.5. The van der Waals surface area contributed by atoms with E-state index in [1.807, 2.05) is 37.0 Å². The van der Waals surface area contributed by atoms with Crippen LogP contribution in [0.3, 0.4) is 0 Å². The number of rotatable bonds is 1. The molecule has 0 N–H and O–H groups in total. The minimum Gasteiger partial charge on any atom is -0.444 e. The molecule has 0 aliphatic carbocycles. The molecule has 132 valence electrons. The predicted molar refractivity (Wildman–Crippen MR) is 104 cm³/mol. The second-order valence-electron chi connectivity index (χ2n) is 8.08. The molecule has 0 spiro atoms. The van der Waals surface area contributed by atoms with Gasteiger partial charge in [-0.15, -0.1) is 11.3 Å². The van der Waals surface area contributed by atoms with Gasteiger partial charge < -0.3 is 4.74 Å². The number of hydrogen-bond acceptors (Lipinski definition) is 3. The summed E-state index contributed by atoms with van der Waals surface area (Å²) in [6.07, 6.45) is 6.37. The molecule has 2 aliphatic heterocycles. The van der Waals surface area contributed by atoms with Crippen molar-refractivity contribution >= 4 is 33.1 Å². The summed E-state index contributed by atoms with van der Waals surface area (Å²) in [5.74, 6) is 0. The highest BCUT2D eigenvalue weighted by Crippen LogP contribution is 2.41. The Kier molecular flexibility index (Phi) is 4.11. The number of carbonyl (C=O) groups excluding carboxylic acids is 1. The summed E-state index contributed by atoms with van der Waals surface area (Å²) in [5, 5.41) is 1.31. The Balaban J connectivity index is 1.63. The maximum Gasteiger partial charge on any atom is 0.411 e. The highest BCUT2D eigenvalue weighted by molar-refractivity contribution is 7.20. The van der Waals surface area contributed by atoms with Gasteiger partial charge in [-0.1, -0.05) is 24.3 Å². The van der Waals surface area contributed by atoms with Gasteiger partial charge in [0.05, 0.1) is 6.04 Å². The van der Waals surface area contributed by atoms with Crippen molar-refractivity contribution in [2.24, 2.45) is 0 Å². The molecule has 1 saturated heterocycles. The summed E-state index contributed by atoms with van der Waals surface area (Å²) >= 11 is 1.86. The van der Waals surface area contributed by atoms with E-state index >= 15 is 0 Å². The number of nitrogens with zero attached hydrogens (tertiary/aromatic N) is 1. The van der Waals surface area contributed by atoms with Crippen LogP contribution < -0.4 is 0 Å². The number of benzene rings is 1. The van der Waals surface area contributed by atoms with Crippen molar-refractivity contribution in [3.05, 3.63) is 41.3 Å². The lowest BCUT2D eigenvalue weighted by Crippen LogP contribution is -2.52. The first-order valence-electron chi connectivity index (χ1n) is 9.12. The molecular weight excluding hydrogens is 330 g/mol. The van der Waals surface area contributed by atoms with E-state index in [1.54, 1.807) is 0 Å². The second-order valence-corrected chi connectivity index (χ2v) is 9.17. The fourth-order valence-corrected chi connectivity index (χ4v) is 5.05. The molecule has 2 bridgehead atoms. The van der Waals surface area contributed by atoms with Crippen LogP contribution in [0, 0.1) is 0 Å². The number of carbonyl (C=O) groups is 1. The van der Waals surface area contributed by atoms with Gasteiger partial charge in [0.1, 0.15) is 5.60 Å². The van der Waals surface area contributed by atoms with Gasteiger partial charge in [0.25, 0.3) is 0 Å². The summed E-state index contributed by atoms with van der Waals surface area (Å²) < 4.78 is 6.99. The minimum atomic E-state index is -0.444. The smallest absolute Gasteiger partial charge is 0.411 e. The van der Waals surface area contributed by atoms with Crippen LogP contribution in [-0.2, 0) is 4.74 Å². The highest BCUT2D eigenvalue weighted by Gasteiger charge is 2.39. The van der Waals surface area contributed by atoms with Crippen LogP contribution in [0.25, 0.3) is 15.7 Å². The Bertz CT molecular complexity index is 797. The molecule has 2 atom stereocenters. The van der Waals surface area contributed by atoms with Crippen LogP contribution in [0.5, 0.6) is 0 Å². The molecule has 1 aromatic heterocycles. The zero-order valence-corrected chi connectivity index (χ0v) is 15.9. The van der Waals surface area contributed by atoms with Crippen molar-refractivity contribution < 1.29 is 9.53 Å². The molecule has 3 heterocycles. The summed E-state index contributed by atoms with van der Waals surface area (Å²) in [7, 11) is 0. The Morgan fingerprint density at radius 3 is 2.76 bits per heavy atom. The molecule has 2 aromatic rings. The molecule has 2 unspecified atom stereocenters. The molecule has 1 amide bonds. The van der Waals surface area contributed by atoms with Crippen LogP contribution in [-0.4, -0.2) is 28.7 Å². The van der Waals surface area contributed by atoms with Crippen molar-refractivity contribution in [2.75, 3.05) is 0 Å². The predicted octanol–water partition coefficient (Wildman–Crippen LogP) is 5.85. The average molecular weight is 356 g/mol. The highest BCUT2D eigenvalue weighted by atomic mass is 32.1. The molecule has 2 aliphatic rings. The Labute approximate surface area is 153 Å². The number of hydrogen-bond donors (Lipinski definition) is 0. The molecule has 0 radical (unpaired) electrons. The summed E-state index contributed by atoms with van der Waals surface area (Å²) in [5.41, 5.74) is 0.955. The van der Waals surface area contributed by atoms with E-state index in [2.05, 4.69) is 36.4 Å². The third kappa shape index (κ3) is 3.32. The van der Waals surface area contributed by atoms with Crippen molar-refractivity contribution in [3.63, 3.8) is 0 Å². The Hall–Kier alpha value is -1.81. The summed E-state index contributed by atoms with van der Waals surface area (Å²) in [6.45, 7) is 5.80. The number of fused-ring (bicyclic) bond motifs is 3. The third-order valence-corrected chi connectivity index (χ3v) is 6.18. The fourth-order valence-electron chi connectivity index (χ4n) is 3.95. The molecule has 3 nitrogen and oxygen atoms in total. The molecule has 4 rings (SSSR count). The first-order chi connectivity index (χ1) is 11.9. The SMILES string of the molecule is CC(C)(C)OC(=O)N1C2C=C(c3cc4ccccc4s3)CC1CCC2. The molecule has 1 aromatic carbocycles. The van der Waals surface area contributed by atoms with Crippen molar-refractivity contribution in [3.8, 4) is 0 Å². The number of piperidine rings is 1. The molecule has 0 saturated carbocycles. The van der Waals surface area contributed by atoms with Crippen LogP contribution in [0.1, 0.15) is 51.3 Å². The van der Waals surface area contributed by atoms with E-state index in [0.717, 1.165) is 19.3 Å². The zero-order chi connectivity index (χ0) is 17.6. The number of thiophene rings is 1. The van der Waals surface area contributed by atoms with Crippen LogP contribution in [0.2, 0.25) is 0 Å². The number of amides is 1. The summed E-state index contributed by atoms with van der Waals surface area (Å²) in [6, 6.07) is 11.3. The van der Waals surface area contributed by atoms with Crippen LogP contribution >= 0.6 is 11.3 Å². The van der Waals surface area contributed by atoms with Crippen LogP contribution in [0.15, 0.2) is 36.4 Å². The standard InChI is InChI=1S/C21H25NO2S/c1-21(2,3)24-20(23)22-16-8-6-9-17(22)12-15(11-16)19-13-14-7-4-5-10-18(14)25-19/h4-5,7,10-11,13,16-17H,6,8-9,12H2,1-3H3. The lowest BCUT2D eigenvalue weighted by molar-refractivity contribution is 0.000102. The van der Waals surface area contributed by atoms with Gasteiger partial charge in [0, 0.05) is 15.6 Å². The fraction of sp³-hybridized carbons (Fsp3) is 0.476. The minimum absolute atomic E-state index is 0.158. The van der Waals surface area contributed by atoms with Gasteiger partial charge in [-0.3, -0.25) is 4.90 Å². The van der Waals surface area contributed by atoms with Crippen molar-refractivity contribution in [2.45, 2.75) is 64.1 Å². The van der Waals surface area contributed by atoms with E-state index in [1.165, 1.54) is 27.0 Å².